The Balaban J connectivity index is 1.36. The molecule has 0 saturated carbocycles. The van der Waals surface area contributed by atoms with Crippen molar-refractivity contribution in [3.63, 3.8) is 0 Å². The minimum Gasteiger partial charge on any atom is -0.365 e. The molecule has 0 saturated heterocycles. The molecule has 1 N–H and O–H groups in total. The highest BCUT2D eigenvalue weighted by molar-refractivity contribution is 5.93. The van der Waals surface area contributed by atoms with Crippen molar-refractivity contribution in [1.82, 2.24) is 19.9 Å². The molecule has 4 aromatic rings. The Labute approximate surface area is 191 Å². The number of fused-ring (bicyclic) bond motifs is 1. The molecule has 4 aromatic heterocycles. The molecular weight excluding hydrogens is 415 g/mol. The van der Waals surface area contributed by atoms with E-state index in [1.54, 1.807) is 18.6 Å². The van der Waals surface area contributed by atoms with Crippen molar-refractivity contribution in [3.8, 4) is 11.3 Å². The first-order chi connectivity index (χ1) is 16.1. The zero-order valence-electron chi connectivity index (χ0n) is 18.5. The molecule has 33 heavy (non-hydrogen) atoms. The molecule has 0 bridgehead atoms. The van der Waals surface area contributed by atoms with Gasteiger partial charge in [-0.2, -0.15) is 0 Å². The number of nitrogens with zero attached hydrogens (tertiary/aromatic N) is 5. The van der Waals surface area contributed by atoms with Crippen LogP contribution in [0.15, 0.2) is 66.3 Å². The topological polar surface area (TPSA) is 76.0 Å². The Morgan fingerprint density at radius 1 is 1.06 bits per heavy atom. The van der Waals surface area contributed by atoms with E-state index < -0.39 is 0 Å². The van der Waals surface area contributed by atoms with Crippen molar-refractivity contribution in [3.05, 3.63) is 84.0 Å². The summed E-state index contributed by atoms with van der Waals surface area (Å²) in [4.78, 5) is 22.0. The molecule has 0 fully saturated rings. The standard InChI is InChI=1S/C26H23FN6/c1-16-7-18(11-32-25(16)20-4-5-29-17(2)8-20)12-33-26-23-15-31-24(10-19(23)3-6-30-26)21-9-22(27)14-28-13-21/h3-7,9-11,13-15,17H,8,12H2,1-2H3,(H,30,33). The van der Waals surface area contributed by atoms with Gasteiger partial charge in [0, 0.05) is 48.5 Å². The number of rotatable bonds is 5. The maximum Gasteiger partial charge on any atom is 0.142 e. The lowest BCUT2D eigenvalue weighted by Gasteiger charge is -2.16. The quantitative estimate of drug-likeness (QED) is 0.452. The molecule has 5 heterocycles. The fraction of sp³-hybridized carbons (Fsp3) is 0.192. The van der Waals surface area contributed by atoms with Gasteiger partial charge >= 0.3 is 0 Å². The van der Waals surface area contributed by atoms with Gasteiger partial charge in [-0.25, -0.2) is 9.37 Å². The van der Waals surface area contributed by atoms with E-state index >= 15 is 0 Å². The zero-order valence-corrected chi connectivity index (χ0v) is 18.5. The van der Waals surface area contributed by atoms with Gasteiger partial charge < -0.3 is 5.32 Å². The maximum absolute atomic E-state index is 13.5. The predicted molar refractivity (Wildman–Crippen MR) is 130 cm³/mol. The van der Waals surface area contributed by atoms with Crippen LogP contribution < -0.4 is 5.32 Å². The third kappa shape index (κ3) is 4.48. The molecule has 5 rings (SSSR count). The molecule has 1 aliphatic heterocycles. The van der Waals surface area contributed by atoms with E-state index in [1.165, 1.54) is 17.8 Å². The first-order valence-corrected chi connectivity index (χ1v) is 10.8. The molecule has 0 spiro atoms. The van der Waals surface area contributed by atoms with Crippen molar-refractivity contribution in [1.29, 1.82) is 0 Å². The summed E-state index contributed by atoms with van der Waals surface area (Å²) >= 11 is 0. The number of halogens is 1. The van der Waals surface area contributed by atoms with Crippen molar-refractivity contribution >= 4 is 28.4 Å². The van der Waals surface area contributed by atoms with Crippen molar-refractivity contribution < 1.29 is 4.39 Å². The number of allylic oxidation sites excluding steroid dienone is 1. The summed E-state index contributed by atoms with van der Waals surface area (Å²) in [6, 6.07) is 7.71. The molecule has 7 heteroatoms. The lowest BCUT2D eigenvalue weighted by Crippen LogP contribution is -2.08. The van der Waals surface area contributed by atoms with Crippen LogP contribution in [0.2, 0.25) is 0 Å². The molecule has 0 aliphatic carbocycles. The number of dihydropyridines is 1. The first kappa shape index (κ1) is 20.9. The lowest BCUT2D eigenvalue weighted by molar-refractivity contribution is 0.622. The molecule has 164 valence electrons. The van der Waals surface area contributed by atoms with Crippen LogP contribution in [-0.4, -0.2) is 32.2 Å². The van der Waals surface area contributed by atoms with Gasteiger partial charge in [-0.15, -0.1) is 0 Å². The van der Waals surface area contributed by atoms with E-state index in [2.05, 4.69) is 51.3 Å². The van der Waals surface area contributed by atoms with E-state index in [9.17, 15) is 4.39 Å². The van der Waals surface area contributed by atoms with Gasteiger partial charge in [-0.05, 0) is 66.6 Å². The molecule has 6 nitrogen and oxygen atoms in total. The van der Waals surface area contributed by atoms with Gasteiger partial charge in [0.1, 0.15) is 11.6 Å². The number of anilines is 1. The minimum absolute atomic E-state index is 0.288. The second kappa shape index (κ2) is 8.86. The minimum atomic E-state index is -0.385. The Bertz CT molecular complexity index is 1390. The summed E-state index contributed by atoms with van der Waals surface area (Å²) in [7, 11) is 0. The molecule has 0 radical (unpaired) electrons. The number of pyridine rings is 4. The molecule has 1 atom stereocenters. The molecule has 0 amide bonds. The van der Waals surface area contributed by atoms with Crippen LogP contribution in [0.25, 0.3) is 27.6 Å². The Kier molecular flexibility index (Phi) is 5.60. The van der Waals surface area contributed by atoms with Gasteiger partial charge in [0.25, 0.3) is 0 Å². The number of aryl methyl sites for hydroxylation is 1. The number of aromatic nitrogens is 4. The second-order valence-electron chi connectivity index (χ2n) is 8.25. The third-order valence-corrected chi connectivity index (χ3v) is 5.68. The highest BCUT2D eigenvalue weighted by Gasteiger charge is 2.14. The van der Waals surface area contributed by atoms with Gasteiger partial charge in [0.2, 0.25) is 0 Å². The number of hydrogen-bond acceptors (Lipinski definition) is 6. The van der Waals surface area contributed by atoms with E-state index in [0.29, 0.717) is 17.8 Å². The lowest BCUT2D eigenvalue weighted by atomic mass is 9.98. The fourth-order valence-corrected chi connectivity index (χ4v) is 4.07. The summed E-state index contributed by atoms with van der Waals surface area (Å²) in [5.74, 6) is 0.356. The third-order valence-electron chi connectivity index (χ3n) is 5.68. The summed E-state index contributed by atoms with van der Waals surface area (Å²) in [5.41, 5.74) is 5.77. The molecule has 0 aromatic carbocycles. The van der Waals surface area contributed by atoms with Crippen LogP contribution >= 0.6 is 0 Å². The number of hydrogen-bond donors (Lipinski definition) is 1. The summed E-state index contributed by atoms with van der Waals surface area (Å²) < 4.78 is 13.5. The normalized spacial score (nSPS) is 15.5. The second-order valence-corrected chi connectivity index (χ2v) is 8.25. The van der Waals surface area contributed by atoms with Crippen molar-refractivity contribution in [2.45, 2.75) is 32.9 Å². The van der Waals surface area contributed by atoms with Crippen LogP contribution in [0.3, 0.4) is 0 Å². The van der Waals surface area contributed by atoms with Crippen LogP contribution in [0, 0.1) is 12.7 Å². The molecule has 1 aliphatic rings. The predicted octanol–water partition coefficient (Wildman–Crippen LogP) is 5.39. The highest BCUT2D eigenvalue weighted by atomic mass is 19.1. The Morgan fingerprint density at radius 3 is 2.79 bits per heavy atom. The summed E-state index contributed by atoms with van der Waals surface area (Å²) in [6.45, 7) is 4.79. The van der Waals surface area contributed by atoms with Crippen molar-refractivity contribution in [2.24, 2.45) is 4.99 Å². The maximum atomic E-state index is 13.5. The van der Waals surface area contributed by atoms with Gasteiger partial charge in [-0.1, -0.05) is 6.07 Å². The molecular formula is C26H23FN6. The van der Waals surface area contributed by atoms with Crippen LogP contribution in [0.5, 0.6) is 0 Å². The molecule has 1 unspecified atom stereocenters. The van der Waals surface area contributed by atoms with Crippen LogP contribution in [-0.2, 0) is 6.54 Å². The number of nitrogens with one attached hydrogen (secondary N) is 1. The first-order valence-electron chi connectivity index (χ1n) is 10.8. The summed E-state index contributed by atoms with van der Waals surface area (Å²) in [5, 5.41) is 5.27. The highest BCUT2D eigenvalue weighted by Crippen LogP contribution is 2.27. The van der Waals surface area contributed by atoms with Gasteiger partial charge in [0.05, 0.1) is 23.6 Å². The zero-order chi connectivity index (χ0) is 22.8. The average molecular weight is 439 g/mol. The van der Waals surface area contributed by atoms with E-state index in [-0.39, 0.29) is 11.9 Å². The largest absolute Gasteiger partial charge is 0.365 e. The van der Waals surface area contributed by atoms with Gasteiger partial charge in [0.15, 0.2) is 0 Å². The van der Waals surface area contributed by atoms with Crippen LogP contribution in [0.1, 0.15) is 30.2 Å². The van der Waals surface area contributed by atoms with E-state index in [0.717, 1.165) is 39.8 Å². The van der Waals surface area contributed by atoms with Crippen LogP contribution in [0.4, 0.5) is 10.2 Å². The Morgan fingerprint density at radius 2 is 1.97 bits per heavy atom. The van der Waals surface area contributed by atoms with E-state index in [1.807, 2.05) is 24.5 Å². The Hall–Kier alpha value is -4.00. The van der Waals surface area contributed by atoms with Gasteiger partial charge in [-0.3, -0.25) is 19.9 Å². The summed E-state index contributed by atoms with van der Waals surface area (Å²) in [6.07, 6.45) is 13.0. The van der Waals surface area contributed by atoms with Crippen molar-refractivity contribution in [2.75, 3.05) is 5.32 Å². The van der Waals surface area contributed by atoms with E-state index in [4.69, 9.17) is 4.98 Å². The monoisotopic (exact) mass is 438 g/mol. The number of aliphatic imine (C=N–C) groups is 1. The fourth-order valence-electron chi connectivity index (χ4n) is 4.07. The SMILES string of the molecule is Cc1cc(CNc2nccc3cc(-c4cncc(F)c4)ncc23)cnc1C1=CC=NC(C)C1. The average Bonchev–Trinajstić information content (AvgIpc) is 2.82. The smallest absolute Gasteiger partial charge is 0.142 e.